The molecule has 0 spiro atoms. The average molecular weight is 368 g/mol. The van der Waals surface area contributed by atoms with Gasteiger partial charge in [-0.25, -0.2) is 9.48 Å². The van der Waals surface area contributed by atoms with Gasteiger partial charge in [-0.3, -0.25) is 14.2 Å². The van der Waals surface area contributed by atoms with E-state index >= 15 is 0 Å². The second kappa shape index (κ2) is 6.79. The van der Waals surface area contributed by atoms with Gasteiger partial charge in [-0.2, -0.15) is 5.10 Å². The Bertz CT molecular complexity index is 950. The molecule has 1 fully saturated rings. The largest absolute Gasteiger partial charge is 0.345 e. The zero-order valence-electron chi connectivity index (χ0n) is 15.7. The molecule has 0 saturated carbocycles. The summed E-state index contributed by atoms with van der Waals surface area (Å²) in [6, 6.07) is 7.43. The van der Waals surface area contributed by atoms with Crippen LogP contribution in [0.25, 0.3) is 0 Å². The first kappa shape index (κ1) is 17.7. The topological polar surface area (TPSA) is 77.2 Å². The molecule has 4 rings (SSSR count). The van der Waals surface area contributed by atoms with Crippen molar-refractivity contribution in [1.29, 1.82) is 0 Å². The second-order valence-corrected chi connectivity index (χ2v) is 7.38. The van der Waals surface area contributed by atoms with Crippen LogP contribution in [0.2, 0.25) is 0 Å². The molecule has 2 aromatic rings. The highest BCUT2D eigenvalue weighted by atomic mass is 16.2. The summed E-state index contributed by atoms with van der Waals surface area (Å²) in [6.07, 6.45) is 1.84. The lowest BCUT2D eigenvalue weighted by atomic mass is 9.93. The highest BCUT2D eigenvalue weighted by Gasteiger charge is 2.37. The second-order valence-electron chi connectivity index (χ2n) is 7.38. The van der Waals surface area contributed by atoms with Gasteiger partial charge in [0.05, 0.1) is 5.92 Å². The van der Waals surface area contributed by atoms with E-state index in [0.29, 0.717) is 25.2 Å². The number of aromatic nitrogens is 3. The van der Waals surface area contributed by atoms with Crippen molar-refractivity contribution in [2.75, 3.05) is 13.1 Å². The fourth-order valence-electron chi connectivity index (χ4n) is 4.38. The molecule has 0 N–H and O–H groups in total. The molecule has 2 aliphatic rings. The molecule has 7 nitrogen and oxygen atoms in total. The lowest BCUT2D eigenvalue weighted by molar-refractivity contribution is -0.133. The Labute approximate surface area is 157 Å². The Kier molecular flexibility index (Phi) is 4.45. The first-order valence-electron chi connectivity index (χ1n) is 9.56. The first-order valence-corrected chi connectivity index (χ1v) is 9.56. The summed E-state index contributed by atoms with van der Waals surface area (Å²) in [7, 11) is 1.67. The summed E-state index contributed by atoms with van der Waals surface area (Å²) >= 11 is 0. The third-order valence-corrected chi connectivity index (χ3v) is 5.85. The zero-order chi connectivity index (χ0) is 19.1. The predicted octanol–water partition coefficient (Wildman–Crippen LogP) is 1.68. The number of aryl methyl sites for hydroxylation is 1. The number of Topliss-reactive ketones (excluding diaryl/α,β-unsaturated/α-hetero) is 1. The predicted molar refractivity (Wildman–Crippen MR) is 99.8 cm³/mol. The Morgan fingerprint density at radius 1 is 1.19 bits per heavy atom. The molecule has 0 radical (unpaired) electrons. The molecule has 0 unspecified atom stereocenters. The molecule has 1 atom stereocenters. The third-order valence-electron chi connectivity index (χ3n) is 5.85. The van der Waals surface area contributed by atoms with Crippen molar-refractivity contribution in [2.45, 2.75) is 44.6 Å². The molecule has 142 valence electrons. The Hall–Kier alpha value is -2.70. The zero-order valence-corrected chi connectivity index (χ0v) is 15.7. The number of likely N-dealkylation sites (tertiary alicyclic amines) is 1. The number of ketones is 1. The number of rotatable bonds is 3. The normalized spacial score (nSPS) is 20.1. The van der Waals surface area contributed by atoms with Crippen LogP contribution in [0, 0.1) is 0 Å². The summed E-state index contributed by atoms with van der Waals surface area (Å²) in [4.78, 5) is 39.2. The van der Waals surface area contributed by atoms with Crippen LogP contribution in [-0.2, 0) is 18.4 Å². The molecular formula is C20H24N4O3. The van der Waals surface area contributed by atoms with Gasteiger partial charge in [-0.1, -0.05) is 24.3 Å². The van der Waals surface area contributed by atoms with Crippen LogP contribution in [0.5, 0.6) is 0 Å². The molecule has 1 aliphatic carbocycles. The van der Waals surface area contributed by atoms with E-state index in [-0.39, 0.29) is 35.6 Å². The summed E-state index contributed by atoms with van der Waals surface area (Å²) in [6.45, 7) is 3.80. The van der Waals surface area contributed by atoms with E-state index < -0.39 is 0 Å². The van der Waals surface area contributed by atoms with E-state index in [1.54, 1.807) is 11.6 Å². The van der Waals surface area contributed by atoms with Crippen LogP contribution in [0.15, 0.2) is 29.1 Å². The molecule has 2 heterocycles. The number of piperidine rings is 1. The minimum absolute atomic E-state index is 0.0423. The average Bonchev–Trinajstić information content (AvgIpc) is 3.18. The molecule has 7 heteroatoms. The Morgan fingerprint density at radius 3 is 2.59 bits per heavy atom. The molecule has 1 aromatic heterocycles. The van der Waals surface area contributed by atoms with Crippen molar-refractivity contribution in [2.24, 2.45) is 7.05 Å². The monoisotopic (exact) mass is 368 g/mol. The standard InChI is InChI=1S/C20H24N4O3/c1-3-24-18(21-22(2)20(24)27)13-8-10-23(11-9-13)19(26)16-12-17(25)15-7-5-4-6-14(15)16/h4-7,13,16H,3,8-12H2,1-2H3/t16-/m1/s1. The maximum Gasteiger partial charge on any atom is 0.345 e. The number of hydrogen-bond donors (Lipinski definition) is 0. The Morgan fingerprint density at radius 2 is 1.89 bits per heavy atom. The van der Waals surface area contributed by atoms with Crippen LogP contribution >= 0.6 is 0 Å². The molecule has 1 aromatic carbocycles. The van der Waals surface area contributed by atoms with Gasteiger partial charge in [0.25, 0.3) is 0 Å². The number of carbonyl (C=O) groups is 2. The molecule has 1 saturated heterocycles. The fraction of sp³-hybridized carbons (Fsp3) is 0.500. The number of benzene rings is 1. The summed E-state index contributed by atoms with van der Waals surface area (Å²) < 4.78 is 3.10. The number of amides is 1. The molecule has 1 amide bonds. The minimum Gasteiger partial charge on any atom is -0.342 e. The van der Waals surface area contributed by atoms with Gasteiger partial charge in [0.2, 0.25) is 5.91 Å². The van der Waals surface area contributed by atoms with Crippen LogP contribution in [0.4, 0.5) is 0 Å². The molecule has 1 aliphatic heterocycles. The fourth-order valence-corrected chi connectivity index (χ4v) is 4.38. The number of carbonyl (C=O) groups excluding carboxylic acids is 2. The molecule has 0 bridgehead atoms. The summed E-state index contributed by atoms with van der Waals surface area (Å²) in [5, 5.41) is 4.41. The Balaban J connectivity index is 1.47. The van der Waals surface area contributed by atoms with Crippen LogP contribution in [-0.4, -0.2) is 44.0 Å². The van der Waals surface area contributed by atoms with Crippen LogP contribution < -0.4 is 5.69 Å². The van der Waals surface area contributed by atoms with Gasteiger partial charge in [0.15, 0.2) is 5.78 Å². The van der Waals surface area contributed by atoms with E-state index in [2.05, 4.69) is 5.10 Å². The van der Waals surface area contributed by atoms with Gasteiger partial charge in [0, 0.05) is 44.6 Å². The van der Waals surface area contributed by atoms with E-state index in [0.717, 1.165) is 24.2 Å². The van der Waals surface area contributed by atoms with Crippen molar-refractivity contribution in [3.63, 3.8) is 0 Å². The van der Waals surface area contributed by atoms with Gasteiger partial charge < -0.3 is 4.90 Å². The van der Waals surface area contributed by atoms with Crippen molar-refractivity contribution < 1.29 is 9.59 Å². The van der Waals surface area contributed by atoms with Gasteiger partial charge >= 0.3 is 5.69 Å². The van der Waals surface area contributed by atoms with Crippen molar-refractivity contribution in [3.8, 4) is 0 Å². The molecular weight excluding hydrogens is 344 g/mol. The van der Waals surface area contributed by atoms with Gasteiger partial charge in [-0.05, 0) is 25.3 Å². The maximum absolute atomic E-state index is 13.0. The highest BCUT2D eigenvalue weighted by molar-refractivity contribution is 6.06. The van der Waals surface area contributed by atoms with E-state index in [1.807, 2.05) is 36.1 Å². The van der Waals surface area contributed by atoms with Crippen LogP contribution in [0.3, 0.4) is 0 Å². The first-order chi connectivity index (χ1) is 13.0. The quantitative estimate of drug-likeness (QED) is 0.826. The lowest BCUT2D eigenvalue weighted by Gasteiger charge is -2.33. The third kappa shape index (κ3) is 2.91. The minimum atomic E-state index is -0.353. The van der Waals surface area contributed by atoms with Crippen LogP contribution in [0.1, 0.15) is 59.8 Å². The SMILES string of the molecule is CCn1c(C2CCN(C(=O)[C@@H]3CC(=O)c4ccccc43)CC2)nn(C)c1=O. The van der Waals surface area contributed by atoms with Gasteiger partial charge in [0.1, 0.15) is 5.82 Å². The lowest BCUT2D eigenvalue weighted by Crippen LogP contribution is -2.40. The van der Waals surface area contributed by atoms with E-state index in [1.165, 1.54) is 4.68 Å². The van der Waals surface area contributed by atoms with Crippen molar-refractivity contribution >= 4 is 11.7 Å². The number of nitrogens with zero attached hydrogens (tertiary/aromatic N) is 4. The smallest absolute Gasteiger partial charge is 0.342 e. The highest BCUT2D eigenvalue weighted by Crippen LogP contribution is 2.36. The molecule has 27 heavy (non-hydrogen) atoms. The summed E-state index contributed by atoms with van der Waals surface area (Å²) in [5.41, 5.74) is 1.46. The van der Waals surface area contributed by atoms with E-state index in [9.17, 15) is 14.4 Å². The maximum atomic E-state index is 13.0. The summed E-state index contributed by atoms with van der Waals surface area (Å²) in [5.74, 6) is 0.743. The van der Waals surface area contributed by atoms with Gasteiger partial charge in [-0.15, -0.1) is 0 Å². The number of hydrogen-bond acceptors (Lipinski definition) is 4. The van der Waals surface area contributed by atoms with E-state index in [4.69, 9.17) is 0 Å². The number of fused-ring (bicyclic) bond motifs is 1. The van der Waals surface area contributed by atoms with Crippen molar-refractivity contribution in [3.05, 3.63) is 51.7 Å². The van der Waals surface area contributed by atoms with Crippen molar-refractivity contribution in [1.82, 2.24) is 19.2 Å².